The second-order valence-corrected chi connectivity index (χ2v) is 13.3. The maximum Gasteiger partial charge on any atom is 0.161 e. The summed E-state index contributed by atoms with van der Waals surface area (Å²) in [6.45, 7) is 0. The van der Waals surface area contributed by atoms with Gasteiger partial charge in [-0.2, -0.15) is 0 Å². The van der Waals surface area contributed by atoms with E-state index in [0.717, 1.165) is 33.9 Å². The molecule has 232 valence electrons. The Morgan fingerprint density at radius 3 is 1.76 bits per heavy atom. The molecule has 1 atom stereocenters. The van der Waals surface area contributed by atoms with Gasteiger partial charge in [-0.3, -0.25) is 0 Å². The monoisotopic (exact) mass is 635 g/mol. The molecule has 0 amide bonds. The lowest BCUT2D eigenvalue weighted by Gasteiger charge is -2.39. The highest BCUT2D eigenvalue weighted by molar-refractivity contribution is 6.13. The number of rotatable bonds is 3. The van der Waals surface area contributed by atoms with E-state index in [2.05, 4.69) is 168 Å². The summed E-state index contributed by atoms with van der Waals surface area (Å²) in [5, 5.41) is 2.55. The first kappa shape index (κ1) is 27.4. The molecule has 0 fully saturated rings. The Labute approximate surface area is 289 Å². The molecule has 50 heavy (non-hydrogen) atoms. The van der Waals surface area contributed by atoms with Crippen molar-refractivity contribution in [2.24, 2.45) is 0 Å². The van der Waals surface area contributed by atoms with Gasteiger partial charge in [0.2, 0.25) is 0 Å². The van der Waals surface area contributed by atoms with Crippen molar-refractivity contribution in [3.8, 4) is 50.7 Å². The first-order valence-electron chi connectivity index (χ1n) is 17.2. The van der Waals surface area contributed by atoms with Crippen molar-refractivity contribution in [2.75, 3.05) is 0 Å². The molecule has 11 rings (SSSR count). The minimum absolute atomic E-state index is 0.526. The second-order valence-electron chi connectivity index (χ2n) is 13.3. The van der Waals surface area contributed by atoms with Gasteiger partial charge in [0.15, 0.2) is 5.82 Å². The number of benzene rings is 7. The fourth-order valence-electron chi connectivity index (χ4n) is 8.88. The molecular weight excluding hydrogens is 607 g/mol. The summed E-state index contributed by atoms with van der Waals surface area (Å²) in [6.07, 6.45) is 0. The van der Waals surface area contributed by atoms with Crippen molar-refractivity contribution in [3.63, 3.8) is 0 Å². The van der Waals surface area contributed by atoms with Gasteiger partial charge in [-0.1, -0.05) is 158 Å². The summed E-state index contributed by atoms with van der Waals surface area (Å²) >= 11 is 0. The van der Waals surface area contributed by atoms with E-state index >= 15 is 0 Å². The first-order valence-corrected chi connectivity index (χ1v) is 17.2. The summed E-state index contributed by atoms with van der Waals surface area (Å²) in [6, 6.07) is 63.4. The highest BCUT2D eigenvalue weighted by atomic mass is 15.0. The Morgan fingerprint density at radius 2 is 0.980 bits per heavy atom. The second kappa shape index (κ2) is 10.2. The lowest BCUT2D eigenvalue weighted by atomic mass is 9.65. The molecular formula is C47H29N3. The van der Waals surface area contributed by atoms with Crippen LogP contribution in [0.15, 0.2) is 176 Å². The minimum Gasteiger partial charge on any atom is -0.309 e. The van der Waals surface area contributed by atoms with Gasteiger partial charge < -0.3 is 4.57 Å². The van der Waals surface area contributed by atoms with Crippen molar-refractivity contribution >= 4 is 21.8 Å². The van der Waals surface area contributed by atoms with E-state index in [1.807, 2.05) is 12.1 Å². The van der Waals surface area contributed by atoms with E-state index in [0.29, 0.717) is 0 Å². The Hall–Kier alpha value is -6.58. The van der Waals surface area contributed by atoms with Crippen molar-refractivity contribution in [1.29, 1.82) is 0 Å². The summed E-state index contributed by atoms with van der Waals surface area (Å²) in [7, 11) is 0. The van der Waals surface area contributed by atoms with E-state index in [4.69, 9.17) is 9.97 Å². The zero-order valence-corrected chi connectivity index (χ0v) is 27.1. The minimum atomic E-state index is -0.526. The van der Waals surface area contributed by atoms with Gasteiger partial charge in [0.25, 0.3) is 0 Å². The van der Waals surface area contributed by atoms with E-state index in [1.54, 1.807) is 0 Å². The zero-order chi connectivity index (χ0) is 32.8. The maximum atomic E-state index is 5.32. The number of hydrogen-bond donors (Lipinski definition) is 0. The molecule has 7 aromatic carbocycles. The average molecular weight is 636 g/mol. The third kappa shape index (κ3) is 3.53. The van der Waals surface area contributed by atoms with Crippen LogP contribution in [0.4, 0.5) is 0 Å². The summed E-state index contributed by atoms with van der Waals surface area (Å²) < 4.78 is 2.49. The van der Waals surface area contributed by atoms with E-state index in [9.17, 15) is 0 Å². The molecule has 1 spiro atoms. The predicted octanol–water partition coefficient (Wildman–Crippen LogP) is 11.3. The van der Waals surface area contributed by atoms with Crippen molar-refractivity contribution in [2.45, 2.75) is 5.41 Å². The fourth-order valence-corrected chi connectivity index (χ4v) is 8.88. The Morgan fingerprint density at radius 1 is 0.420 bits per heavy atom. The van der Waals surface area contributed by atoms with Crippen LogP contribution in [0, 0.1) is 0 Å². The maximum absolute atomic E-state index is 5.32. The van der Waals surface area contributed by atoms with Gasteiger partial charge in [0, 0.05) is 27.5 Å². The molecule has 2 aromatic heterocycles. The third-order valence-corrected chi connectivity index (χ3v) is 10.8. The third-order valence-electron chi connectivity index (χ3n) is 10.8. The molecule has 0 saturated heterocycles. The van der Waals surface area contributed by atoms with E-state index in [-0.39, 0.29) is 0 Å². The van der Waals surface area contributed by atoms with Crippen LogP contribution < -0.4 is 0 Å². The number of hydrogen-bond acceptors (Lipinski definition) is 2. The van der Waals surface area contributed by atoms with Gasteiger partial charge in [-0.05, 0) is 51.6 Å². The highest BCUT2D eigenvalue weighted by Crippen LogP contribution is 2.62. The first-order chi connectivity index (χ1) is 24.8. The molecule has 1 aliphatic heterocycles. The largest absolute Gasteiger partial charge is 0.309 e. The molecule has 3 nitrogen and oxygen atoms in total. The number of aromatic nitrogens is 3. The Balaban J connectivity index is 1.26. The lowest BCUT2D eigenvalue weighted by molar-refractivity contribution is 0.748. The van der Waals surface area contributed by atoms with Crippen LogP contribution >= 0.6 is 0 Å². The molecule has 0 radical (unpaired) electrons. The standard InChI is InChI=1S/C47H29N3/c1-3-15-30(16-4-1)40-29-41(31-17-5-2-6-18-31)49-46(48-40)35-22-14-25-38-44(35)34-20-7-9-23-36(34)47(38)37-24-10-12-28-43(37)50-42-27-11-8-19-32(42)33-21-13-26-39(47)45(33)50/h1-29H. The van der Waals surface area contributed by atoms with Crippen molar-refractivity contribution in [3.05, 3.63) is 198 Å². The van der Waals surface area contributed by atoms with Crippen LogP contribution in [0.1, 0.15) is 22.3 Å². The molecule has 0 bridgehead atoms. The number of para-hydroxylation sites is 3. The highest BCUT2D eigenvalue weighted by Gasteiger charge is 2.51. The van der Waals surface area contributed by atoms with Gasteiger partial charge in [-0.15, -0.1) is 0 Å². The summed E-state index contributed by atoms with van der Waals surface area (Å²) in [5.41, 5.74) is 15.8. The lowest BCUT2D eigenvalue weighted by Crippen LogP contribution is -2.33. The summed E-state index contributed by atoms with van der Waals surface area (Å²) in [4.78, 5) is 10.6. The van der Waals surface area contributed by atoms with Crippen LogP contribution in [-0.4, -0.2) is 14.5 Å². The Kier molecular flexibility index (Phi) is 5.59. The molecule has 0 N–H and O–H groups in total. The number of fused-ring (bicyclic) bond motifs is 12. The van der Waals surface area contributed by atoms with Gasteiger partial charge in [0.1, 0.15) is 0 Å². The quantitative estimate of drug-likeness (QED) is 0.193. The Bertz CT molecular complexity index is 2760. The van der Waals surface area contributed by atoms with Crippen molar-refractivity contribution < 1.29 is 0 Å². The molecule has 9 aromatic rings. The molecule has 3 heteroatoms. The topological polar surface area (TPSA) is 30.7 Å². The molecule has 1 unspecified atom stereocenters. The van der Waals surface area contributed by atoms with Gasteiger partial charge in [-0.25, -0.2) is 9.97 Å². The smallest absolute Gasteiger partial charge is 0.161 e. The SMILES string of the molecule is c1ccc(-c2cc(-c3ccccc3)nc(-c3cccc4c3-c3ccccc3C43c4ccccc4-n4c5ccccc5c5cccc3c54)n2)cc1. The fraction of sp³-hybridized carbons (Fsp3) is 0.0213. The van der Waals surface area contributed by atoms with Gasteiger partial charge in [0.05, 0.1) is 33.5 Å². The average Bonchev–Trinajstić information content (AvgIpc) is 3.69. The predicted molar refractivity (Wildman–Crippen MR) is 204 cm³/mol. The van der Waals surface area contributed by atoms with Crippen molar-refractivity contribution in [1.82, 2.24) is 14.5 Å². The molecule has 1 aliphatic carbocycles. The molecule has 0 saturated carbocycles. The molecule has 2 aliphatic rings. The van der Waals surface area contributed by atoms with Gasteiger partial charge >= 0.3 is 0 Å². The van der Waals surface area contributed by atoms with Crippen LogP contribution in [0.25, 0.3) is 72.5 Å². The van der Waals surface area contributed by atoms with Crippen LogP contribution in [0.5, 0.6) is 0 Å². The van der Waals surface area contributed by atoms with E-state index in [1.165, 1.54) is 60.9 Å². The van der Waals surface area contributed by atoms with Crippen LogP contribution in [0.3, 0.4) is 0 Å². The van der Waals surface area contributed by atoms with Crippen LogP contribution in [-0.2, 0) is 5.41 Å². The zero-order valence-electron chi connectivity index (χ0n) is 27.1. The van der Waals surface area contributed by atoms with E-state index < -0.39 is 5.41 Å². The van der Waals surface area contributed by atoms with Crippen LogP contribution in [0.2, 0.25) is 0 Å². The normalized spacial score (nSPS) is 15.3. The summed E-state index contributed by atoms with van der Waals surface area (Å²) in [5.74, 6) is 0.727. The number of nitrogens with zero attached hydrogens (tertiary/aromatic N) is 3. The molecule has 3 heterocycles.